The van der Waals surface area contributed by atoms with Gasteiger partial charge in [0.1, 0.15) is 11.6 Å². The van der Waals surface area contributed by atoms with Crippen LogP contribution in [0.5, 0.6) is 0 Å². The van der Waals surface area contributed by atoms with Crippen molar-refractivity contribution in [3.63, 3.8) is 0 Å². The number of carbonyl (C=O) groups excluding carboxylic acids is 2. The molecule has 0 bridgehead atoms. The number of halogens is 8. The Hall–Kier alpha value is -3.85. The molecule has 7 rings (SSSR count). The average Bonchev–Trinajstić information content (AvgIpc) is 3.49. The van der Waals surface area contributed by atoms with Crippen LogP contribution in [0.3, 0.4) is 0 Å². The number of alkyl halides is 6. The fraction of sp³-hybridized carbons (Fsp3) is 0.676. The third-order valence-electron chi connectivity index (χ3n) is 10.5. The molecule has 320 valence electrons. The average molecular weight is 872 g/mol. The monoisotopic (exact) mass is 870 g/mol. The van der Waals surface area contributed by atoms with Crippen LogP contribution in [-0.4, -0.2) is 108 Å². The van der Waals surface area contributed by atoms with Crippen molar-refractivity contribution in [3.05, 3.63) is 39.9 Å². The highest BCUT2D eigenvalue weighted by atomic mass is 35.5. The molecule has 2 aromatic rings. The number of amides is 1. The Kier molecular flexibility index (Phi) is 13.6. The number of aromatic nitrogens is 4. The number of rotatable bonds is 7. The predicted octanol–water partition coefficient (Wildman–Crippen LogP) is 6.75. The molecule has 24 heteroatoms. The lowest BCUT2D eigenvalue weighted by molar-refractivity contribution is -0.414. The number of nitrogens with zero attached hydrogens (tertiary/aromatic N) is 7. The lowest BCUT2D eigenvalue weighted by atomic mass is 9.84. The summed E-state index contributed by atoms with van der Waals surface area (Å²) in [6.07, 6.45) is 1.31. The summed E-state index contributed by atoms with van der Waals surface area (Å²) in [5.41, 5.74) is 6.45. The maximum atomic E-state index is 11.8. The van der Waals surface area contributed by atoms with Crippen molar-refractivity contribution in [1.29, 1.82) is 0 Å². The number of hydrogen-bond donors (Lipinski definition) is 3. The summed E-state index contributed by atoms with van der Waals surface area (Å²) in [5, 5.41) is 7.11. The quantitative estimate of drug-likeness (QED) is 0.0662. The van der Waals surface area contributed by atoms with Crippen LogP contribution in [-0.2, 0) is 24.3 Å². The standard InChI is InChI=1S/C15H22ClN5O.C15H20ClN5.C4F6O5/c1-15(2)7-9(6-10-4-3-5-21(10)15)19-13-11(12(17)22)8-18-14(16)20-13;1-15(2)8-10(7-11-5-4-6-21(11)15)19-13-12(17-3)9-18-14(16)20-13;5-2(6,7)1(11)12-13-4(14-15-4)3(8,9)10/h8-10H,3-7H2,1-2H3,(H2,17,22)(H,18,19,20);9-11H,4-8H2,1-2H3,(H,18,19,20);/t9-,10+;10-,11+;/m11./s1. The van der Waals surface area contributed by atoms with E-state index in [0.29, 0.717) is 35.4 Å². The smallest absolute Gasteiger partial charge is 0.376 e. The number of primary amides is 1. The molecule has 0 spiro atoms. The number of hydrogen-bond acceptors (Lipinski definition) is 14. The van der Waals surface area contributed by atoms with Gasteiger partial charge in [0, 0.05) is 47.6 Å². The highest BCUT2D eigenvalue weighted by Crippen LogP contribution is 2.46. The largest absolute Gasteiger partial charge is 0.494 e. The normalized spacial score (nSPS) is 25.6. The van der Waals surface area contributed by atoms with E-state index in [1.54, 1.807) is 0 Å². The number of nitrogens with one attached hydrogen (secondary N) is 2. The van der Waals surface area contributed by atoms with Crippen LogP contribution in [0.4, 0.5) is 43.7 Å². The third-order valence-corrected chi connectivity index (χ3v) is 10.9. The molecule has 5 aliphatic rings. The Morgan fingerprint density at radius 2 is 1.36 bits per heavy atom. The topological polar surface area (TPSA) is 190 Å². The Balaban J connectivity index is 0.000000169. The van der Waals surface area contributed by atoms with Crippen LogP contribution in [0.25, 0.3) is 4.85 Å². The number of carbonyl (C=O) groups is 2. The van der Waals surface area contributed by atoms with Crippen LogP contribution in [0.2, 0.25) is 10.6 Å². The predicted molar refractivity (Wildman–Crippen MR) is 194 cm³/mol. The first-order valence-corrected chi connectivity index (χ1v) is 18.9. The van der Waals surface area contributed by atoms with E-state index in [0.717, 1.165) is 25.7 Å². The zero-order chi connectivity index (χ0) is 42.8. The fourth-order valence-corrected chi connectivity index (χ4v) is 8.43. The molecule has 0 saturated carbocycles. The van der Waals surface area contributed by atoms with E-state index >= 15 is 0 Å². The second kappa shape index (κ2) is 17.4. The van der Waals surface area contributed by atoms with Crippen LogP contribution in [0.15, 0.2) is 12.4 Å². The zero-order valence-corrected chi connectivity index (χ0v) is 33.2. The van der Waals surface area contributed by atoms with E-state index < -0.39 is 30.2 Å². The molecule has 16 nitrogen and oxygen atoms in total. The van der Waals surface area contributed by atoms with Crippen molar-refractivity contribution >= 4 is 52.4 Å². The first kappa shape index (κ1) is 45.2. The minimum Gasteiger partial charge on any atom is -0.376 e. The summed E-state index contributed by atoms with van der Waals surface area (Å²) in [7, 11) is 0. The van der Waals surface area contributed by atoms with Gasteiger partial charge in [-0.1, -0.05) is 0 Å². The summed E-state index contributed by atoms with van der Waals surface area (Å²) in [5.74, 6) is -6.26. The van der Waals surface area contributed by atoms with E-state index in [-0.39, 0.29) is 33.3 Å². The minimum absolute atomic E-state index is 0.116. The molecule has 0 unspecified atom stereocenters. The molecule has 5 saturated heterocycles. The van der Waals surface area contributed by atoms with Gasteiger partial charge in [-0.15, -0.1) is 4.89 Å². The molecule has 2 aromatic heterocycles. The Morgan fingerprint density at radius 3 is 1.81 bits per heavy atom. The maximum absolute atomic E-state index is 11.8. The number of piperidine rings is 2. The van der Waals surface area contributed by atoms with Gasteiger partial charge in [-0.2, -0.15) is 41.1 Å². The molecule has 1 amide bonds. The van der Waals surface area contributed by atoms with Crippen molar-refractivity contribution in [2.75, 3.05) is 23.7 Å². The van der Waals surface area contributed by atoms with Gasteiger partial charge in [0.15, 0.2) is 0 Å². The lowest BCUT2D eigenvalue weighted by Crippen LogP contribution is -2.55. The van der Waals surface area contributed by atoms with E-state index in [2.05, 4.69) is 92.5 Å². The van der Waals surface area contributed by atoms with Gasteiger partial charge in [0.2, 0.25) is 16.3 Å². The Bertz CT molecular complexity index is 1870. The van der Waals surface area contributed by atoms with E-state index in [4.69, 9.17) is 35.5 Å². The molecule has 0 radical (unpaired) electrons. The van der Waals surface area contributed by atoms with Gasteiger partial charge < -0.3 is 16.4 Å². The van der Waals surface area contributed by atoms with Crippen LogP contribution in [0.1, 0.15) is 89.4 Å². The summed E-state index contributed by atoms with van der Waals surface area (Å²) in [4.78, 5) is 58.6. The fourth-order valence-electron chi connectivity index (χ4n) is 8.17. The molecular formula is C34H42Cl2F6N10O6. The molecule has 5 fully saturated rings. The van der Waals surface area contributed by atoms with Crippen molar-refractivity contribution in [1.82, 2.24) is 29.7 Å². The van der Waals surface area contributed by atoms with Crippen LogP contribution < -0.4 is 16.4 Å². The van der Waals surface area contributed by atoms with Gasteiger partial charge in [0.05, 0.1) is 12.1 Å². The number of fused-ring (bicyclic) bond motifs is 2. The summed E-state index contributed by atoms with van der Waals surface area (Å²) in [6.45, 7) is 18.8. The molecular weight excluding hydrogens is 829 g/mol. The minimum atomic E-state index is -5.48. The molecule has 4 N–H and O–H groups in total. The van der Waals surface area contributed by atoms with Gasteiger partial charge in [-0.05, 0) is 115 Å². The van der Waals surface area contributed by atoms with E-state index in [1.807, 2.05) is 0 Å². The van der Waals surface area contributed by atoms with Crippen molar-refractivity contribution in [3.8, 4) is 0 Å². The third kappa shape index (κ3) is 10.8. The Morgan fingerprint density at radius 1 is 0.879 bits per heavy atom. The van der Waals surface area contributed by atoms with Crippen molar-refractivity contribution < 1.29 is 55.5 Å². The molecule has 0 aromatic carbocycles. The summed E-state index contributed by atoms with van der Waals surface area (Å²) < 4.78 is 69.7. The summed E-state index contributed by atoms with van der Waals surface area (Å²) in [6, 6.07) is 1.81. The number of nitrogens with two attached hydrogens (primary N) is 1. The first-order chi connectivity index (χ1) is 26.9. The van der Waals surface area contributed by atoms with Crippen molar-refractivity contribution in [2.45, 2.75) is 133 Å². The second-order valence-corrected chi connectivity index (χ2v) is 16.3. The molecule has 0 aliphatic carbocycles. The first-order valence-electron chi connectivity index (χ1n) is 18.1. The highest BCUT2D eigenvalue weighted by molar-refractivity contribution is 6.28. The van der Waals surface area contributed by atoms with Crippen LogP contribution in [0, 0.1) is 6.57 Å². The summed E-state index contributed by atoms with van der Waals surface area (Å²) >= 11 is 11.7. The maximum Gasteiger partial charge on any atom is 0.494 e. The SMILES string of the molecule is CC1(C)C[C@H](Nc2nc(Cl)ncc2C(N)=O)C[C@@H]2CCCN21.O=C(OOC1(C(F)(F)F)OO1)C(F)(F)F.[C-]#[N+]c1cnc(Cl)nc1N[C@@H]1C[C@@H]2CCCN2C(C)(C)C1. The van der Waals surface area contributed by atoms with Crippen LogP contribution >= 0.6 is 23.2 Å². The van der Waals surface area contributed by atoms with Gasteiger partial charge in [-0.25, -0.2) is 24.6 Å². The van der Waals surface area contributed by atoms with Crippen molar-refractivity contribution in [2.24, 2.45) is 5.73 Å². The molecule has 7 heterocycles. The second-order valence-electron chi connectivity index (χ2n) is 15.6. The molecule has 4 atom stereocenters. The Labute approximate surface area is 339 Å². The zero-order valence-electron chi connectivity index (χ0n) is 31.7. The van der Waals surface area contributed by atoms with Gasteiger partial charge in [0.25, 0.3) is 5.91 Å². The van der Waals surface area contributed by atoms with E-state index in [1.165, 1.54) is 51.2 Å². The molecule has 58 heavy (non-hydrogen) atoms. The highest BCUT2D eigenvalue weighted by Gasteiger charge is 2.75. The molecule has 5 aliphatic heterocycles. The van der Waals surface area contributed by atoms with Gasteiger partial charge >= 0.3 is 24.3 Å². The van der Waals surface area contributed by atoms with Gasteiger partial charge in [-0.3, -0.25) is 19.5 Å². The lowest BCUT2D eigenvalue weighted by Gasteiger charge is -2.48. The van der Waals surface area contributed by atoms with E-state index in [9.17, 15) is 35.9 Å². The number of anilines is 2.